The number of hydrogen-bond donors (Lipinski definition) is 2. The Bertz CT molecular complexity index is 1440. The Morgan fingerprint density at radius 3 is 2.37 bits per heavy atom. The van der Waals surface area contributed by atoms with Gasteiger partial charge in [0.05, 0.1) is 23.5 Å². The van der Waals surface area contributed by atoms with Gasteiger partial charge in [0.2, 0.25) is 5.95 Å². The molecule has 0 aliphatic carbocycles. The molecule has 0 spiro atoms. The molecule has 0 amide bonds. The molecule has 8 heteroatoms. The third-order valence-electron chi connectivity index (χ3n) is 5.85. The van der Waals surface area contributed by atoms with Crippen molar-refractivity contribution in [3.8, 4) is 11.3 Å². The van der Waals surface area contributed by atoms with Crippen molar-refractivity contribution in [3.63, 3.8) is 0 Å². The molecule has 0 saturated heterocycles. The van der Waals surface area contributed by atoms with Crippen LogP contribution in [0.25, 0.3) is 11.3 Å². The highest BCUT2D eigenvalue weighted by Gasteiger charge is 2.25. The van der Waals surface area contributed by atoms with Gasteiger partial charge in [-0.15, -0.1) is 0 Å². The van der Waals surface area contributed by atoms with Crippen LogP contribution in [0, 0.1) is 11.6 Å². The third-order valence-corrected chi connectivity index (χ3v) is 6.08. The normalized spacial score (nSPS) is 12.9. The van der Waals surface area contributed by atoms with Crippen LogP contribution in [0.5, 0.6) is 0 Å². The summed E-state index contributed by atoms with van der Waals surface area (Å²) in [5, 5.41) is 3.63. The van der Waals surface area contributed by atoms with Crippen molar-refractivity contribution in [2.45, 2.75) is 25.9 Å². The summed E-state index contributed by atoms with van der Waals surface area (Å²) in [5.41, 5.74) is 10.0. The van der Waals surface area contributed by atoms with Gasteiger partial charge in [-0.05, 0) is 55.8 Å². The van der Waals surface area contributed by atoms with Crippen LogP contribution in [0.15, 0.2) is 71.9 Å². The zero-order valence-corrected chi connectivity index (χ0v) is 19.9. The first-order chi connectivity index (χ1) is 16.7. The van der Waals surface area contributed by atoms with E-state index in [1.807, 2.05) is 38.1 Å². The third kappa shape index (κ3) is 4.52. The largest absolute Gasteiger partial charge is 0.324 e. The molecule has 176 valence electrons. The molecule has 1 aromatic heterocycles. The Hall–Kier alpha value is -3.68. The fraction of sp³-hybridized carbons (Fsp3) is 0.148. The molecular formula is C27H22ClF2N5. The maximum absolute atomic E-state index is 14.7. The number of fused-ring (bicyclic) bond motifs is 3. The summed E-state index contributed by atoms with van der Waals surface area (Å²) in [7, 11) is 0. The summed E-state index contributed by atoms with van der Waals surface area (Å²) in [6, 6.07) is 16.6. The second-order valence-electron chi connectivity index (χ2n) is 8.94. The molecule has 3 N–H and O–H groups in total. The van der Waals surface area contributed by atoms with Crippen LogP contribution in [0.2, 0.25) is 5.02 Å². The molecular weight excluding hydrogens is 468 g/mol. The molecule has 1 aliphatic heterocycles. The number of hydrogen-bond acceptors (Lipinski definition) is 5. The van der Waals surface area contributed by atoms with Gasteiger partial charge in [-0.2, -0.15) is 0 Å². The highest BCUT2D eigenvalue weighted by molar-refractivity contribution is 6.31. The zero-order valence-electron chi connectivity index (χ0n) is 19.1. The van der Waals surface area contributed by atoms with Gasteiger partial charge in [-0.1, -0.05) is 35.9 Å². The number of anilines is 2. The van der Waals surface area contributed by atoms with Crippen LogP contribution < -0.4 is 11.1 Å². The van der Waals surface area contributed by atoms with Crippen molar-refractivity contribution in [2.75, 3.05) is 5.32 Å². The fourth-order valence-corrected chi connectivity index (χ4v) is 4.21. The van der Waals surface area contributed by atoms with Crippen LogP contribution in [-0.4, -0.2) is 15.7 Å². The lowest BCUT2D eigenvalue weighted by Crippen LogP contribution is -2.28. The number of rotatable bonds is 4. The van der Waals surface area contributed by atoms with E-state index < -0.39 is 17.2 Å². The van der Waals surface area contributed by atoms with Crippen molar-refractivity contribution in [1.29, 1.82) is 0 Å². The second-order valence-corrected chi connectivity index (χ2v) is 9.38. The maximum Gasteiger partial charge on any atom is 0.227 e. The average Bonchev–Trinajstić information content (AvgIpc) is 2.96. The van der Waals surface area contributed by atoms with Gasteiger partial charge in [0.1, 0.15) is 11.6 Å². The topological polar surface area (TPSA) is 76.2 Å². The minimum absolute atomic E-state index is 0.158. The summed E-state index contributed by atoms with van der Waals surface area (Å²) in [4.78, 5) is 13.7. The number of halogens is 3. The summed E-state index contributed by atoms with van der Waals surface area (Å²) < 4.78 is 29.4. The minimum atomic E-state index is -0.696. The molecule has 0 fully saturated rings. The van der Waals surface area contributed by atoms with E-state index >= 15 is 0 Å². The summed E-state index contributed by atoms with van der Waals surface area (Å²) in [6.07, 6.45) is 1.67. The van der Waals surface area contributed by atoms with E-state index in [2.05, 4.69) is 15.3 Å². The molecule has 4 aromatic rings. The summed E-state index contributed by atoms with van der Waals surface area (Å²) in [5.74, 6) is -1.01. The number of aromatic nitrogens is 2. The van der Waals surface area contributed by atoms with E-state index in [9.17, 15) is 8.78 Å². The molecule has 0 atom stereocenters. The lowest BCUT2D eigenvalue weighted by atomic mass is 9.95. The molecule has 5 nitrogen and oxygen atoms in total. The molecule has 35 heavy (non-hydrogen) atoms. The van der Waals surface area contributed by atoms with Crippen molar-refractivity contribution in [2.24, 2.45) is 10.7 Å². The van der Waals surface area contributed by atoms with Crippen molar-refractivity contribution in [1.82, 2.24) is 9.97 Å². The first-order valence-corrected chi connectivity index (χ1v) is 11.4. The lowest BCUT2D eigenvalue weighted by molar-refractivity contribution is 0.554. The molecule has 0 bridgehead atoms. The summed E-state index contributed by atoms with van der Waals surface area (Å²) >= 11 is 6.28. The standard InChI is InChI=1S/C27H22ClF2N5/c1-27(2,31)16-6-9-18(10-7-16)34-26-33-14-15-13-32-25(23-21(29)4-3-5-22(23)30)20-12-17(28)8-11-19(20)24(15)35-26/h3-12,14H,13,31H2,1-2H3,(H,33,34,35). The van der Waals surface area contributed by atoms with E-state index in [0.717, 1.165) is 16.8 Å². The molecule has 0 saturated carbocycles. The summed E-state index contributed by atoms with van der Waals surface area (Å²) in [6.45, 7) is 4.04. The highest BCUT2D eigenvalue weighted by Crippen LogP contribution is 2.34. The van der Waals surface area contributed by atoms with Crippen LogP contribution >= 0.6 is 11.6 Å². The SMILES string of the molecule is CC(C)(N)c1ccc(Nc2ncc3c(n2)-c2ccc(Cl)cc2C(c2c(F)cccc2F)=NC3)cc1. The van der Waals surface area contributed by atoms with Crippen molar-refractivity contribution < 1.29 is 8.78 Å². The van der Waals surface area contributed by atoms with Crippen LogP contribution in [0.1, 0.15) is 36.1 Å². The van der Waals surface area contributed by atoms with E-state index in [0.29, 0.717) is 27.8 Å². The number of nitrogens with two attached hydrogens (primary N) is 1. The quantitative estimate of drug-likeness (QED) is 0.349. The van der Waals surface area contributed by atoms with Gasteiger partial charge in [-0.3, -0.25) is 4.99 Å². The smallest absolute Gasteiger partial charge is 0.227 e. The van der Waals surface area contributed by atoms with Crippen LogP contribution in [0.4, 0.5) is 20.4 Å². The monoisotopic (exact) mass is 489 g/mol. The Balaban J connectivity index is 1.57. The van der Waals surface area contributed by atoms with Gasteiger partial charge in [0.25, 0.3) is 0 Å². The number of nitrogens with zero attached hydrogens (tertiary/aromatic N) is 3. The minimum Gasteiger partial charge on any atom is -0.324 e. The number of benzene rings is 3. The van der Waals surface area contributed by atoms with Crippen molar-refractivity contribution >= 4 is 28.9 Å². The average molecular weight is 490 g/mol. The van der Waals surface area contributed by atoms with Gasteiger partial charge < -0.3 is 11.1 Å². The van der Waals surface area contributed by atoms with Gasteiger partial charge in [0, 0.05) is 39.1 Å². The van der Waals surface area contributed by atoms with Crippen LogP contribution in [0.3, 0.4) is 0 Å². The van der Waals surface area contributed by atoms with E-state index in [1.54, 1.807) is 24.4 Å². The van der Waals surface area contributed by atoms with Gasteiger partial charge in [0.15, 0.2) is 0 Å². The van der Waals surface area contributed by atoms with E-state index in [-0.39, 0.29) is 17.8 Å². The van der Waals surface area contributed by atoms with Gasteiger partial charge >= 0.3 is 0 Å². The zero-order chi connectivity index (χ0) is 24.7. The molecule has 0 unspecified atom stereocenters. The number of nitrogens with one attached hydrogen (secondary N) is 1. The Morgan fingerprint density at radius 2 is 1.69 bits per heavy atom. The predicted octanol–water partition coefficient (Wildman–Crippen LogP) is 6.36. The number of aliphatic imine (C=N–C) groups is 1. The lowest BCUT2D eigenvalue weighted by Gasteiger charge is -2.19. The van der Waals surface area contributed by atoms with Crippen molar-refractivity contribution in [3.05, 3.63) is 106 Å². The van der Waals surface area contributed by atoms with Gasteiger partial charge in [-0.25, -0.2) is 18.7 Å². The Morgan fingerprint density at radius 1 is 0.971 bits per heavy atom. The first kappa shape index (κ1) is 23.1. The van der Waals surface area contributed by atoms with E-state index in [1.165, 1.54) is 18.2 Å². The Labute approximate surface area is 206 Å². The molecule has 1 aliphatic rings. The Kier molecular flexibility index (Phi) is 5.83. The molecule has 5 rings (SSSR count). The maximum atomic E-state index is 14.7. The second kappa shape index (κ2) is 8.83. The fourth-order valence-electron chi connectivity index (χ4n) is 4.03. The molecule has 0 radical (unpaired) electrons. The predicted molar refractivity (Wildman–Crippen MR) is 135 cm³/mol. The molecule has 2 heterocycles. The first-order valence-electron chi connectivity index (χ1n) is 11.0. The highest BCUT2D eigenvalue weighted by atomic mass is 35.5. The van der Waals surface area contributed by atoms with E-state index in [4.69, 9.17) is 22.3 Å². The van der Waals surface area contributed by atoms with Crippen LogP contribution in [-0.2, 0) is 12.1 Å². The molecule has 3 aromatic carbocycles.